The molecule has 1 spiro atoms. The maximum absolute atomic E-state index is 2.43. The molecule has 0 bridgehead atoms. The molecule has 14 rings (SSSR count). The van der Waals surface area contributed by atoms with Crippen LogP contribution >= 0.6 is 0 Å². The molecular weight excluding hydrogens is 709 g/mol. The van der Waals surface area contributed by atoms with Crippen LogP contribution in [0.15, 0.2) is 206 Å². The zero-order valence-electron chi connectivity index (χ0n) is 32.1. The molecule has 0 heteroatoms. The normalized spacial score (nSPS) is 13.6. The van der Waals surface area contributed by atoms with Gasteiger partial charge in [-0.2, -0.15) is 0 Å². The topological polar surface area (TPSA) is 0 Å². The molecular formula is C59H34. The average Bonchev–Trinajstić information content (AvgIpc) is 3.79. The number of hydrogen-bond donors (Lipinski definition) is 0. The van der Waals surface area contributed by atoms with Crippen molar-refractivity contribution in [1.82, 2.24) is 0 Å². The molecule has 0 unspecified atom stereocenters. The number of fused-ring (bicyclic) bond motifs is 17. The Morgan fingerprint density at radius 2 is 0.797 bits per heavy atom. The van der Waals surface area contributed by atoms with Gasteiger partial charge in [0.05, 0.1) is 5.41 Å². The second kappa shape index (κ2) is 11.3. The predicted octanol–water partition coefficient (Wildman–Crippen LogP) is 15.7. The fourth-order valence-corrected chi connectivity index (χ4v) is 11.7. The van der Waals surface area contributed by atoms with Crippen LogP contribution in [0.3, 0.4) is 0 Å². The maximum Gasteiger partial charge on any atom is 0.0737 e. The zero-order chi connectivity index (χ0) is 38.4. The van der Waals surface area contributed by atoms with E-state index in [1.807, 2.05) is 0 Å². The molecule has 0 aliphatic heterocycles. The van der Waals surface area contributed by atoms with Gasteiger partial charge in [0.2, 0.25) is 0 Å². The summed E-state index contributed by atoms with van der Waals surface area (Å²) in [6.45, 7) is 0. The van der Waals surface area contributed by atoms with Gasteiger partial charge in [-0.25, -0.2) is 0 Å². The molecule has 12 aromatic rings. The van der Waals surface area contributed by atoms with Gasteiger partial charge in [0.25, 0.3) is 0 Å². The van der Waals surface area contributed by atoms with E-state index >= 15 is 0 Å². The molecule has 0 radical (unpaired) electrons. The van der Waals surface area contributed by atoms with Crippen LogP contribution in [0.5, 0.6) is 0 Å². The monoisotopic (exact) mass is 742 g/mol. The first-order chi connectivity index (χ1) is 29.3. The third kappa shape index (κ3) is 3.94. The number of hydrogen-bond acceptors (Lipinski definition) is 0. The van der Waals surface area contributed by atoms with Crippen molar-refractivity contribution in [3.05, 3.63) is 229 Å². The first kappa shape index (κ1) is 31.5. The van der Waals surface area contributed by atoms with Gasteiger partial charge in [0, 0.05) is 0 Å². The van der Waals surface area contributed by atoms with Gasteiger partial charge in [0.1, 0.15) is 0 Å². The molecule has 270 valence electrons. The Balaban J connectivity index is 1.02. The van der Waals surface area contributed by atoms with Crippen LogP contribution in [0.25, 0.3) is 109 Å². The summed E-state index contributed by atoms with van der Waals surface area (Å²) in [5.74, 6) is 0. The van der Waals surface area contributed by atoms with Crippen LogP contribution in [0.4, 0.5) is 0 Å². The average molecular weight is 743 g/mol. The molecule has 59 heavy (non-hydrogen) atoms. The van der Waals surface area contributed by atoms with Crippen LogP contribution < -0.4 is 0 Å². The molecule has 0 atom stereocenters. The smallest absolute Gasteiger partial charge is 0.0619 e. The molecule has 0 saturated heterocycles. The summed E-state index contributed by atoms with van der Waals surface area (Å²) in [6, 6.07) is 78.1. The lowest BCUT2D eigenvalue weighted by Crippen LogP contribution is -2.26. The second-order valence-corrected chi connectivity index (χ2v) is 16.7. The van der Waals surface area contributed by atoms with E-state index in [0.717, 1.165) is 0 Å². The maximum atomic E-state index is 2.43. The quantitative estimate of drug-likeness (QED) is 0.155. The highest BCUT2D eigenvalue weighted by molar-refractivity contribution is 6.26. The van der Waals surface area contributed by atoms with Crippen LogP contribution in [-0.2, 0) is 5.41 Å². The minimum Gasteiger partial charge on any atom is -0.0619 e. The lowest BCUT2D eigenvalue weighted by atomic mass is 9.68. The largest absolute Gasteiger partial charge is 0.0737 e. The number of rotatable bonds is 2. The van der Waals surface area contributed by atoms with Crippen molar-refractivity contribution < 1.29 is 0 Å². The summed E-state index contributed by atoms with van der Waals surface area (Å²) in [4.78, 5) is 0. The molecule has 0 N–H and O–H groups in total. The minimum absolute atomic E-state index is 0.475. The first-order valence-corrected chi connectivity index (χ1v) is 20.8. The summed E-state index contributed by atoms with van der Waals surface area (Å²) in [5, 5.41) is 15.7. The summed E-state index contributed by atoms with van der Waals surface area (Å²) < 4.78 is 0. The third-order valence-corrected chi connectivity index (χ3v) is 14.0. The van der Waals surface area contributed by atoms with E-state index in [-0.39, 0.29) is 0 Å². The molecule has 0 nitrogen and oxygen atoms in total. The highest BCUT2D eigenvalue weighted by Gasteiger charge is 2.53. The predicted molar refractivity (Wildman–Crippen MR) is 250 cm³/mol. The van der Waals surface area contributed by atoms with E-state index in [0.29, 0.717) is 0 Å². The molecule has 0 aromatic heterocycles. The van der Waals surface area contributed by atoms with Crippen molar-refractivity contribution >= 4 is 64.6 Å². The molecule has 0 saturated carbocycles. The summed E-state index contributed by atoms with van der Waals surface area (Å²) in [5.41, 5.74) is 15.4. The second-order valence-electron chi connectivity index (χ2n) is 16.7. The standard InChI is InChI=1S/C59H34/c1-3-19-48-44(15-1)45-16-2-4-20-50(45)58-56(48)51-32-28-41-34-39(27-30-43(41)57(51)59(58)52-21-7-5-17-46(52)47-18-6-8-22-53(47)59)38-13-10-14-40(33-38)42-29-25-37-24-23-35-11-9-12-36-26-31-49(42)55(37)54(35)36/h1-34H. The lowest BCUT2D eigenvalue weighted by Gasteiger charge is -2.32. The highest BCUT2D eigenvalue weighted by Crippen LogP contribution is 2.66. The van der Waals surface area contributed by atoms with Crippen molar-refractivity contribution in [2.75, 3.05) is 0 Å². The van der Waals surface area contributed by atoms with Gasteiger partial charge in [-0.05, 0) is 144 Å². The lowest BCUT2D eigenvalue weighted by molar-refractivity contribution is 0.809. The summed E-state index contributed by atoms with van der Waals surface area (Å²) in [6.07, 6.45) is 0. The van der Waals surface area contributed by atoms with E-state index in [4.69, 9.17) is 0 Å². The van der Waals surface area contributed by atoms with E-state index in [2.05, 4.69) is 206 Å². The fraction of sp³-hybridized carbons (Fsp3) is 0.0169. The highest BCUT2D eigenvalue weighted by atomic mass is 14.5. The van der Waals surface area contributed by atoms with E-state index < -0.39 is 5.41 Å². The summed E-state index contributed by atoms with van der Waals surface area (Å²) >= 11 is 0. The Hall–Kier alpha value is -7.54. The molecule has 0 amide bonds. The molecule has 12 aromatic carbocycles. The SMILES string of the molecule is c1cc(-c2ccc3c4c(ccc3c2)-c2c(c3ccccc3c3ccccc23)C42c3ccccc3-c3ccccc32)cc(-c2ccc3ccc4cccc5ccc2c3c45)c1. The Morgan fingerprint density at radius 3 is 1.58 bits per heavy atom. The van der Waals surface area contributed by atoms with Crippen molar-refractivity contribution in [3.8, 4) is 44.5 Å². The number of benzene rings is 12. The van der Waals surface area contributed by atoms with Crippen LogP contribution in [0.1, 0.15) is 22.3 Å². The van der Waals surface area contributed by atoms with Crippen molar-refractivity contribution in [2.45, 2.75) is 5.41 Å². The van der Waals surface area contributed by atoms with Gasteiger partial charge in [0.15, 0.2) is 0 Å². The Morgan fingerprint density at radius 1 is 0.254 bits per heavy atom. The van der Waals surface area contributed by atoms with Crippen LogP contribution in [0.2, 0.25) is 0 Å². The Bertz CT molecular complexity index is 3730. The molecule has 2 aliphatic carbocycles. The fourth-order valence-electron chi connectivity index (χ4n) is 11.7. The molecule has 0 fully saturated rings. The van der Waals surface area contributed by atoms with Crippen molar-refractivity contribution in [2.24, 2.45) is 0 Å². The van der Waals surface area contributed by atoms with E-state index in [1.165, 1.54) is 131 Å². The van der Waals surface area contributed by atoms with Gasteiger partial charge in [-0.3, -0.25) is 0 Å². The van der Waals surface area contributed by atoms with Crippen LogP contribution in [-0.4, -0.2) is 0 Å². The van der Waals surface area contributed by atoms with Gasteiger partial charge < -0.3 is 0 Å². The Labute approximate surface area is 341 Å². The van der Waals surface area contributed by atoms with Gasteiger partial charge in [-0.1, -0.05) is 194 Å². The minimum atomic E-state index is -0.475. The van der Waals surface area contributed by atoms with Crippen molar-refractivity contribution in [1.29, 1.82) is 0 Å². The first-order valence-electron chi connectivity index (χ1n) is 20.8. The zero-order valence-corrected chi connectivity index (χ0v) is 32.1. The molecule has 2 aliphatic rings. The van der Waals surface area contributed by atoms with Crippen molar-refractivity contribution in [3.63, 3.8) is 0 Å². The summed E-state index contributed by atoms with van der Waals surface area (Å²) in [7, 11) is 0. The molecule has 0 heterocycles. The van der Waals surface area contributed by atoms with E-state index in [9.17, 15) is 0 Å². The third-order valence-electron chi connectivity index (χ3n) is 14.0. The van der Waals surface area contributed by atoms with E-state index in [1.54, 1.807) is 0 Å². The Kier molecular flexibility index (Phi) is 6.05. The van der Waals surface area contributed by atoms with Gasteiger partial charge >= 0.3 is 0 Å². The van der Waals surface area contributed by atoms with Gasteiger partial charge in [-0.15, -0.1) is 0 Å². The van der Waals surface area contributed by atoms with Crippen LogP contribution in [0, 0.1) is 0 Å².